The molecule has 0 saturated carbocycles. The van der Waals surface area contributed by atoms with Gasteiger partial charge < -0.3 is 9.84 Å². The van der Waals surface area contributed by atoms with Crippen LogP contribution < -0.4 is 5.32 Å². The molecule has 4 rings (SSSR count). The minimum Gasteiger partial charge on any atom is -0.384 e. The zero-order valence-corrected chi connectivity index (χ0v) is 11.4. The standard InChI is InChI=1S/C16H14N4O/c1-2-4-14-13(3-1)12(10-18-14)9-15-19-16(20-21-15)11-5-7-17-8-6-11/h1-8,12,18H,9-10H2. The minimum atomic E-state index is 0.381. The molecule has 104 valence electrons. The summed E-state index contributed by atoms with van der Waals surface area (Å²) in [6.45, 7) is 0.909. The Morgan fingerprint density at radius 2 is 2.00 bits per heavy atom. The van der Waals surface area contributed by atoms with Crippen molar-refractivity contribution in [3.8, 4) is 11.4 Å². The zero-order chi connectivity index (χ0) is 14.1. The maximum Gasteiger partial charge on any atom is 0.227 e. The number of hydrogen-bond acceptors (Lipinski definition) is 5. The molecular weight excluding hydrogens is 264 g/mol. The molecule has 5 heteroatoms. The molecule has 21 heavy (non-hydrogen) atoms. The normalized spacial score (nSPS) is 16.5. The van der Waals surface area contributed by atoms with Crippen LogP contribution in [0.1, 0.15) is 17.4 Å². The average Bonchev–Trinajstić information content (AvgIpc) is 3.17. The van der Waals surface area contributed by atoms with Gasteiger partial charge in [0, 0.05) is 42.5 Å². The number of benzene rings is 1. The van der Waals surface area contributed by atoms with Gasteiger partial charge in [-0.2, -0.15) is 4.98 Å². The van der Waals surface area contributed by atoms with Crippen LogP contribution in [-0.2, 0) is 6.42 Å². The second-order valence-electron chi connectivity index (χ2n) is 5.12. The second kappa shape index (κ2) is 5.01. The quantitative estimate of drug-likeness (QED) is 0.798. The first-order valence-corrected chi connectivity index (χ1v) is 6.96. The summed E-state index contributed by atoms with van der Waals surface area (Å²) in [5.74, 6) is 1.67. The average molecular weight is 278 g/mol. The second-order valence-corrected chi connectivity index (χ2v) is 5.12. The fourth-order valence-electron chi connectivity index (χ4n) is 2.71. The summed E-state index contributed by atoms with van der Waals surface area (Å²) in [5.41, 5.74) is 3.45. The van der Waals surface area contributed by atoms with Gasteiger partial charge in [0.05, 0.1) is 0 Å². The molecule has 1 aliphatic heterocycles. The Kier molecular flexibility index (Phi) is 2.88. The van der Waals surface area contributed by atoms with Gasteiger partial charge in [-0.3, -0.25) is 4.98 Å². The molecule has 0 spiro atoms. The van der Waals surface area contributed by atoms with Crippen molar-refractivity contribution in [2.75, 3.05) is 11.9 Å². The number of aromatic nitrogens is 3. The van der Waals surface area contributed by atoms with Crippen molar-refractivity contribution < 1.29 is 4.52 Å². The number of nitrogens with one attached hydrogen (secondary N) is 1. The van der Waals surface area contributed by atoms with E-state index >= 15 is 0 Å². The van der Waals surface area contributed by atoms with Crippen molar-refractivity contribution in [1.82, 2.24) is 15.1 Å². The molecule has 2 aromatic heterocycles. The van der Waals surface area contributed by atoms with E-state index in [0.717, 1.165) is 18.5 Å². The molecule has 0 aliphatic carbocycles. The van der Waals surface area contributed by atoms with Crippen molar-refractivity contribution in [3.63, 3.8) is 0 Å². The van der Waals surface area contributed by atoms with Crippen LogP contribution in [0.2, 0.25) is 0 Å². The van der Waals surface area contributed by atoms with Gasteiger partial charge in [0.25, 0.3) is 0 Å². The third kappa shape index (κ3) is 2.27. The van der Waals surface area contributed by atoms with E-state index in [0.29, 0.717) is 17.6 Å². The number of rotatable bonds is 3. The van der Waals surface area contributed by atoms with Gasteiger partial charge in [-0.15, -0.1) is 0 Å². The summed E-state index contributed by atoms with van der Waals surface area (Å²) in [6.07, 6.45) is 4.20. The van der Waals surface area contributed by atoms with Crippen molar-refractivity contribution >= 4 is 5.69 Å². The van der Waals surface area contributed by atoms with Crippen LogP contribution >= 0.6 is 0 Å². The Hall–Kier alpha value is -2.69. The molecule has 1 atom stereocenters. The Balaban J connectivity index is 1.56. The van der Waals surface area contributed by atoms with E-state index in [1.54, 1.807) is 12.4 Å². The Morgan fingerprint density at radius 3 is 2.90 bits per heavy atom. The van der Waals surface area contributed by atoms with Gasteiger partial charge in [0.15, 0.2) is 0 Å². The van der Waals surface area contributed by atoms with Crippen LogP contribution in [0, 0.1) is 0 Å². The Bertz CT molecular complexity index is 754. The lowest BCUT2D eigenvalue weighted by molar-refractivity contribution is 0.372. The number of pyridine rings is 1. The number of anilines is 1. The largest absolute Gasteiger partial charge is 0.384 e. The number of fused-ring (bicyclic) bond motifs is 1. The maximum absolute atomic E-state index is 5.39. The van der Waals surface area contributed by atoms with Crippen molar-refractivity contribution in [1.29, 1.82) is 0 Å². The molecule has 3 aromatic rings. The molecule has 5 nitrogen and oxygen atoms in total. The number of nitrogens with zero attached hydrogens (tertiary/aromatic N) is 3. The van der Waals surface area contributed by atoms with Crippen LogP contribution in [0.4, 0.5) is 5.69 Å². The van der Waals surface area contributed by atoms with E-state index in [1.165, 1.54) is 11.3 Å². The van der Waals surface area contributed by atoms with Crippen molar-refractivity contribution in [3.05, 3.63) is 60.2 Å². The first kappa shape index (κ1) is 12.1. The molecule has 1 aliphatic rings. The zero-order valence-electron chi connectivity index (χ0n) is 11.4. The third-order valence-corrected chi connectivity index (χ3v) is 3.77. The summed E-state index contributed by atoms with van der Waals surface area (Å²) in [6, 6.07) is 12.1. The third-order valence-electron chi connectivity index (χ3n) is 3.77. The summed E-state index contributed by atoms with van der Waals surface area (Å²) in [7, 11) is 0. The monoisotopic (exact) mass is 278 g/mol. The minimum absolute atomic E-state index is 0.381. The molecule has 0 bridgehead atoms. The fraction of sp³-hybridized carbons (Fsp3) is 0.188. The van der Waals surface area contributed by atoms with E-state index in [9.17, 15) is 0 Å². The summed E-state index contributed by atoms with van der Waals surface area (Å²) >= 11 is 0. The molecule has 1 unspecified atom stereocenters. The Labute approximate surface area is 122 Å². The topological polar surface area (TPSA) is 63.8 Å². The van der Waals surface area contributed by atoms with E-state index in [-0.39, 0.29) is 0 Å². The van der Waals surface area contributed by atoms with E-state index in [2.05, 4.69) is 38.6 Å². The van der Waals surface area contributed by atoms with Crippen LogP contribution in [0.15, 0.2) is 53.3 Å². The molecule has 3 heterocycles. The highest BCUT2D eigenvalue weighted by atomic mass is 16.5. The SMILES string of the molecule is c1ccc2c(c1)NCC2Cc1nc(-c2ccncc2)no1. The van der Waals surface area contributed by atoms with Crippen molar-refractivity contribution in [2.45, 2.75) is 12.3 Å². The first-order chi connectivity index (χ1) is 10.4. The lowest BCUT2D eigenvalue weighted by atomic mass is 9.98. The van der Waals surface area contributed by atoms with Crippen LogP contribution in [0.5, 0.6) is 0 Å². The number of hydrogen-bond donors (Lipinski definition) is 1. The smallest absolute Gasteiger partial charge is 0.227 e. The summed E-state index contributed by atoms with van der Waals surface area (Å²) < 4.78 is 5.39. The predicted molar refractivity (Wildman–Crippen MR) is 78.9 cm³/mol. The summed E-state index contributed by atoms with van der Waals surface area (Å²) in [5, 5.41) is 7.46. The van der Waals surface area contributed by atoms with Gasteiger partial charge in [-0.1, -0.05) is 23.4 Å². The van der Waals surface area contributed by atoms with Crippen LogP contribution in [-0.4, -0.2) is 21.7 Å². The van der Waals surface area contributed by atoms with E-state index in [4.69, 9.17) is 4.52 Å². The number of para-hydroxylation sites is 1. The molecule has 0 fully saturated rings. The fourth-order valence-corrected chi connectivity index (χ4v) is 2.71. The van der Waals surface area contributed by atoms with Crippen LogP contribution in [0.3, 0.4) is 0 Å². The van der Waals surface area contributed by atoms with Gasteiger partial charge in [0.1, 0.15) is 0 Å². The van der Waals surface area contributed by atoms with Gasteiger partial charge in [-0.25, -0.2) is 0 Å². The van der Waals surface area contributed by atoms with Crippen LogP contribution in [0.25, 0.3) is 11.4 Å². The highest BCUT2D eigenvalue weighted by Crippen LogP contribution is 2.33. The summed E-state index contributed by atoms with van der Waals surface area (Å²) in [4.78, 5) is 8.48. The molecule has 1 aromatic carbocycles. The maximum atomic E-state index is 5.39. The van der Waals surface area contributed by atoms with E-state index in [1.807, 2.05) is 18.2 Å². The first-order valence-electron chi connectivity index (χ1n) is 6.96. The highest BCUT2D eigenvalue weighted by Gasteiger charge is 2.24. The molecule has 0 radical (unpaired) electrons. The lowest BCUT2D eigenvalue weighted by Crippen LogP contribution is -2.05. The predicted octanol–water partition coefficient (Wildman–Crippen LogP) is 2.88. The van der Waals surface area contributed by atoms with Gasteiger partial charge in [-0.05, 0) is 23.8 Å². The highest BCUT2D eigenvalue weighted by molar-refractivity contribution is 5.58. The molecule has 0 saturated heterocycles. The Morgan fingerprint density at radius 1 is 1.14 bits per heavy atom. The van der Waals surface area contributed by atoms with Gasteiger partial charge in [0.2, 0.25) is 11.7 Å². The molecule has 1 N–H and O–H groups in total. The molecule has 0 amide bonds. The van der Waals surface area contributed by atoms with Crippen molar-refractivity contribution in [2.24, 2.45) is 0 Å². The lowest BCUT2D eigenvalue weighted by Gasteiger charge is -2.05. The van der Waals surface area contributed by atoms with Gasteiger partial charge >= 0.3 is 0 Å². The molecular formula is C16H14N4O. The van der Waals surface area contributed by atoms with E-state index < -0.39 is 0 Å².